The third-order valence-electron chi connectivity index (χ3n) is 6.83. The van der Waals surface area contributed by atoms with Crippen molar-refractivity contribution >= 4 is 34.7 Å². The summed E-state index contributed by atoms with van der Waals surface area (Å²) < 4.78 is 7.20. The van der Waals surface area contributed by atoms with Gasteiger partial charge in [-0.25, -0.2) is 9.97 Å². The maximum absolute atomic E-state index is 13.1. The van der Waals surface area contributed by atoms with Crippen molar-refractivity contribution in [2.24, 2.45) is 11.7 Å². The number of hydrogen-bond donors (Lipinski definition) is 2. The van der Waals surface area contributed by atoms with Crippen molar-refractivity contribution in [1.29, 1.82) is 0 Å². The number of imidazole rings is 1. The lowest BCUT2D eigenvalue weighted by atomic mass is 9.96. The molecule has 0 bridgehead atoms. The van der Waals surface area contributed by atoms with Crippen molar-refractivity contribution in [1.82, 2.24) is 19.3 Å². The van der Waals surface area contributed by atoms with Gasteiger partial charge in [0.2, 0.25) is 0 Å². The van der Waals surface area contributed by atoms with Gasteiger partial charge in [0.25, 0.3) is 5.91 Å². The molecule has 2 aromatic heterocycles. The first-order valence-electron chi connectivity index (χ1n) is 12.0. The zero-order valence-electron chi connectivity index (χ0n) is 20.4. The van der Waals surface area contributed by atoms with Gasteiger partial charge in [0.15, 0.2) is 11.5 Å². The number of rotatable bonds is 6. The Kier molecular flexibility index (Phi) is 6.80. The smallest absolute Gasteiger partial charge is 0.254 e. The van der Waals surface area contributed by atoms with Crippen molar-refractivity contribution in [3.05, 3.63) is 71.1 Å². The molecule has 9 heteroatoms. The number of amides is 1. The molecule has 5 rings (SSSR count). The molecular weight excluding hydrogens is 476 g/mol. The zero-order chi connectivity index (χ0) is 25.2. The number of likely N-dealkylation sites (tertiary alicyclic amines) is 1. The average Bonchev–Trinajstić information content (AvgIpc) is 3.33. The van der Waals surface area contributed by atoms with Crippen LogP contribution < -0.4 is 15.8 Å². The van der Waals surface area contributed by atoms with Gasteiger partial charge in [0.05, 0.1) is 24.0 Å². The van der Waals surface area contributed by atoms with Crippen LogP contribution in [0.4, 0.5) is 11.5 Å². The van der Waals surface area contributed by atoms with Gasteiger partial charge in [-0.05, 0) is 74.2 Å². The summed E-state index contributed by atoms with van der Waals surface area (Å²) in [5, 5.41) is 3.93. The quantitative estimate of drug-likeness (QED) is 0.386. The van der Waals surface area contributed by atoms with Crippen molar-refractivity contribution < 1.29 is 9.53 Å². The summed E-state index contributed by atoms with van der Waals surface area (Å²) in [6.07, 6.45) is 7.27. The van der Waals surface area contributed by atoms with E-state index in [9.17, 15) is 4.79 Å². The Labute approximate surface area is 215 Å². The molecule has 0 unspecified atom stereocenters. The Balaban J connectivity index is 1.38. The Morgan fingerprint density at radius 2 is 2.00 bits per heavy atom. The highest BCUT2D eigenvalue weighted by atomic mass is 35.5. The number of nitrogens with zero attached hydrogens (tertiary/aromatic N) is 4. The highest BCUT2D eigenvalue weighted by molar-refractivity contribution is 6.33. The summed E-state index contributed by atoms with van der Waals surface area (Å²) in [5.41, 5.74) is 10.6. The highest BCUT2D eigenvalue weighted by Gasteiger charge is 2.24. The summed E-state index contributed by atoms with van der Waals surface area (Å²) in [5.74, 6) is 1.89. The number of anilines is 2. The summed E-state index contributed by atoms with van der Waals surface area (Å²) in [7, 11) is 1.61. The first-order chi connectivity index (χ1) is 17.5. The van der Waals surface area contributed by atoms with Crippen LogP contribution in [0.2, 0.25) is 5.02 Å². The third kappa shape index (κ3) is 4.62. The minimum absolute atomic E-state index is 0.0732. The van der Waals surface area contributed by atoms with E-state index in [0.717, 1.165) is 54.0 Å². The fraction of sp³-hybridized carbons (Fsp3) is 0.296. The number of piperidine rings is 1. The molecule has 1 aliphatic heterocycles. The number of carbonyl (C=O) groups excluding carboxylic acids is 1. The summed E-state index contributed by atoms with van der Waals surface area (Å²) in [6, 6.07) is 11.3. The molecule has 3 N–H and O–H groups in total. The van der Waals surface area contributed by atoms with E-state index < -0.39 is 0 Å². The van der Waals surface area contributed by atoms with Gasteiger partial charge in [-0.2, -0.15) is 0 Å². The monoisotopic (exact) mass is 504 g/mol. The number of hydrogen-bond acceptors (Lipinski definition) is 6. The van der Waals surface area contributed by atoms with Crippen molar-refractivity contribution in [3.8, 4) is 17.0 Å². The van der Waals surface area contributed by atoms with E-state index in [4.69, 9.17) is 22.1 Å². The first kappa shape index (κ1) is 24.1. The van der Waals surface area contributed by atoms with E-state index in [0.29, 0.717) is 34.7 Å². The number of halogens is 1. The number of benzene rings is 2. The molecule has 0 atom stereocenters. The van der Waals surface area contributed by atoms with Gasteiger partial charge in [-0.3, -0.25) is 9.20 Å². The Morgan fingerprint density at radius 3 is 2.69 bits per heavy atom. The van der Waals surface area contributed by atoms with Gasteiger partial charge >= 0.3 is 0 Å². The van der Waals surface area contributed by atoms with Crippen molar-refractivity contribution in [2.45, 2.75) is 19.8 Å². The number of nitrogens with two attached hydrogens (primary N) is 1. The third-order valence-corrected chi connectivity index (χ3v) is 7.15. The van der Waals surface area contributed by atoms with Crippen LogP contribution in [0.5, 0.6) is 5.75 Å². The van der Waals surface area contributed by atoms with E-state index in [1.54, 1.807) is 25.6 Å². The van der Waals surface area contributed by atoms with Gasteiger partial charge in [0.1, 0.15) is 5.75 Å². The standard InChI is InChI=1S/C27H29ClN6O2/c1-17-13-19(3-5-21(17)27(35)33-10-7-18(15-29)8-11-33)32-25-26-31-16-24(34(26)12-9-30-25)22-6-4-20(36-2)14-23(22)28/h3-6,9,12-14,16,18H,7-8,10-11,15,29H2,1-2H3,(H,30,32). The molecule has 1 fully saturated rings. The second-order valence-corrected chi connectivity index (χ2v) is 9.49. The maximum Gasteiger partial charge on any atom is 0.254 e. The predicted octanol–water partition coefficient (Wildman–Crippen LogP) is 4.92. The molecule has 1 aliphatic rings. The van der Waals surface area contributed by atoms with Crippen LogP contribution in [0, 0.1) is 12.8 Å². The van der Waals surface area contributed by atoms with Gasteiger partial charge in [0, 0.05) is 42.3 Å². The van der Waals surface area contributed by atoms with Gasteiger partial charge in [-0.15, -0.1) is 0 Å². The van der Waals surface area contributed by atoms with Crippen LogP contribution in [-0.2, 0) is 0 Å². The molecule has 186 valence electrons. The number of carbonyl (C=O) groups is 1. The molecule has 0 saturated carbocycles. The molecule has 0 aliphatic carbocycles. The molecule has 1 amide bonds. The zero-order valence-corrected chi connectivity index (χ0v) is 21.1. The number of aryl methyl sites for hydroxylation is 1. The van der Waals surface area contributed by atoms with Crippen molar-refractivity contribution in [3.63, 3.8) is 0 Å². The van der Waals surface area contributed by atoms with E-state index in [-0.39, 0.29) is 5.91 Å². The Morgan fingerprint density at radius 1 is 1.19 bits per heavy atom. The number of fused-ring (bicyclic) bond motifs is 1. The molecule has 1 saturated heterocycles. The second kappa shape index (κ2) is 10.2. The second-order valence-electron chi connectivity index (χ2n) is 9.08. The van der Waals surface area contributed by atoms with E-state index in [1.807, 2.05) is 52.8 Å². The Bertz CT molecular complexity index is 1410. The lowest BCUT2D eigenvalue weighted by Gasteiger charge is -2.31. The fourth-order valence-electron chi connectivity index (χ4n) is 4.70. The van der Waals surface area contributed by atoms with Gasteiger partial charge < -0.3 is 20.7 Å². The molecule has 0 spiro atoms. The lowest BCUT2D eigenvalue weighted by molar-refractivity contribution is 0.0692. The summed E-state index contributed by atoms with van der Waals surface area (Å²) in [4.78, 5) is 24.1. The van der Waals surface area contributed by atoms with Crippen LogP contribution in [0.3, 0.4) is 0 Å². The molecular formula is C27H29ClN6O2. The van der Waals surface area contributed by atoms with Crippen LogP contribution in [-0.4, -0.2) is 51.9 Å². The van der Waals surface area contributed by atoms with E-state index >= 15 is 0 Å². The van der Waals surface area contributed by atoms with Crippen LogP contribution in [0.1, 0.15) is 28.8 Å². The topological polar surface area (TPSA) is 97.8 Å². The number of methoxy groups -OCH3 is 1. The SMILES string of the molecule is COc1ccc(-c2cnc3c(Nc4ccc(C(=O)N5CCC(CN)CC5)c(C)c4)nccn23)c(Cl)c1. The van der Waals surface area contributed by atoms with E-state index in [1.165, 1.54) is 0 Å². The molecule has 36 heavy (non-hydrogen) atoms. The lowest BCUT2D eigenvalue weighted by Crippen LogP contribution is -2.40. The number of ether oxygens (including phenoxy) is 1. The number of aromatic nitrogens is 3. The molecule has 4 aromatic rings. The molecule has 8 nitrogen and oxygen atoms in total. The predicted molar refractivity (Wildman–Crippen MR) is 142 cm³/mol. The minimum atomic E-state index is 0.0732. The molecule has 2 aromatic carbocycles. The Hall–Kier alpha value is -3.62. The van der Waals surface area contributed by atoms with E-state index in [2.05, 4.69) is 15.3 Å². The van der Waals surface area contributed by atoms with Crippen LogP contribution in [0.15, 0.2) is 55.0 Å². The summed E-state index contributed by atoms with van der Waals surface area (Å²) >= 11 is 6.51. The highest BCUT2D eigenvalue weighted by Crippen LogP contribution is 2.33. The maximum atomic E-state index is 13.1. The average molecular weight is 505 g/mol. The molecule has 0 radical (unpaired) electrons. The van der Waals surface area contributed by atoms with Crippen LogP contribution in [0.25, 0.3) is 16.9 Å². The van der Waals surface area contributed by atoms with Crippen LogP contribution >= 0.6 is 11.6 Å². The normalized spacial score (nSPS) is 14.3. The molecule has 3 heterocycles. The van der Waals surface area contributed by atoms with Crippen molar-refractivity contribution in [2.75, 3.05) is 32.1 Å². The first-order valence-corrected chi connectivity index (χ1v) is 12.4. The largest absolute Gasteiger partial charge is 0.497 e. The summed E-state index contributed by atoms with van der Waals surface area (Å²) in [6.45, 7) is 4.16. The minimum Gasteiger partial charge on any atom is -0.497 e. The number of nitrogens with one attached hydrogen (secondary N) is 1. The van der Waals surface area contributed by atoms with Gasteiger partial charge in [-0.1, -0.05) is 11.6 Å². The fourth-order valence-corrected chi connectivity index (χ4v) is 4.96.